The number of hydrogen-bond acceptors (Lipinski definition) is 5. The molecule has 1 aromatic carbocycles. The van der Waals surface area contributed by atoms with Gasteiger partial charge in [-0.15, -0.1) is 0 Å². The molecule has 2 rings (SSSR count). The van der Waals surface area contributed by atoms with Crippen LogP contribution in [0.4, 0.5) is 4.39 Å². The molecule has 2 amide bonds. The zero-order chi connectivity index (χ0) is 19.8. The molecule has 1 atom stereocenters. The summed E-state index contributed by atoms with van der Waals surface area (Å²) in [7, 11) is 0. The van der Waals surface area contributed by atoms with Gasteiger partial charge >= 0.3 is 0 Å². The fourth-order valence-electron chi connectivity index (χ4n) is 2.79. The summed E-state index contributed by atoms with van der Waals surface area (Å²) in [6.45, 7) is 7.84. The number of amides is 2. The number of carbonyl (C=O) groups excluding carboxylic acids is 2. The molecule has 146 valence electrons. The van der Waals surface area contributed by atoms with Gasteiger partial charge in [-0.2, -0.15) is 0 Å². The number of aliphatic imine (C=N–C) groups is 1. The van der Waals surface area contributed by atoms with E-state index < -0.39 is 17.7 Å². The van der Waals surface area contributed by atoms with Gasteiger partial charge in [-0.25, -0.2) is 4.39 Å². The van der Waals surface area contributed by atoms with Gasteiger partial charge in [0.05, 0.1) is 6.54 Å². The van der Waals surface area contributed by atoms with Crippen LogP contribution in [0.3, 0.4) is 0 Å². The van der Waals surface area contributed by atoms with E-state index in [4.69, 9.17) is 12.2 Å². The van der Waals surface area contributed by atoms with Crippen LogP contribution in [0.2, 0.25) is 0 Å². The Bertz CT molecular complexity index is 704. The largest absolute Gasteiger partial charge is 0.304 e. The van der Waals surface area contributed by atoms with E-state index in [1.165, 1.54) is 23.2 Å². The average molecular weight is 393 g/mol. The van der Waals surface area contributed by atoms with Crippen molar-refractivity contribution in [3.05, 3.63) is 35.6 Å². The number of nitrogens with one attached hydrogen (secondary N) is 1. The Balaban J connectivity index is 1.96. The molecule has 0 saturated carbocycles. The van der Waals surface area contributed by atoms with Crippen LogP contribution >= 0.6 is 12.2 Å². The van der Waals surface area contributed by atoms with Crippen LogP contribution in [-0.4, -0.2) is 59.1 Å². The highest BCUT2D eigenvalue weighted by atomic mass is 32.1. The van der Waals surface area contributed by atoms with Crippen LogP contribution in [0, 0.1) is 11.7 Å². The zero-order valence-electron chi connectivity index (χ0n) is 15.7. The predicted octanol–water partition coefficient (Wildman–Crippen LogP) is 1.99. The molecule has 1 aromatic rings. The van der Waals surface area contributed by atoms with Gasteiger partial charge in [-0.05, 0) is 56.0 Å². The van der Waals surface area contributed by atoms with Gasteiger partial charge < -0.3 is 10.2 Å². The van der Waals surface area contributed by atoms with Crippen LogP contribution in [0.25, 0.3) is 0 Å². The molecule has 1 unspecified atom stereocenters. The molecule has 0 bridgehead atoms. The van der Waals surface area contributed by atoms with Gasteiger partial charge in [0.15, 0.2) is 11.0 Å². The third kappa shape index (κ3) is 5.90. The number of benzene rings is 1. The van der Waals surface area contributed by atoms with E-state index in [9.17, 15) is 14.0 Å². The van der Waals surface area contributed by atoms with Gasteiger partial charge in [0, 0.05) is 12.8 Å². The van der Waals surface area contributed by atoms with Crippen molar-refractivity contribution in [3.8, 4) is 0 Å². The second kappa shape index (κ2) is 10.2. The first-order valence-corrected chi connectivity index (χ1v) is 9.50. The van der Waals surface area contributed by atoms with E-state index >= 15 is 0 Å². The summed E-state index contributed by atoms with van der Waals surface area (Å²) >= 11 is 5.12. The molecular formula is C19H25FN4O2S. The number of halogens is 1. The Hall–Kier alpha value is -2.19. The minimum absolute atomic E-state index is 0.0560. The first-order valence-electron chi connectivity index (χ1n) is 9.09. The van der Waals surface area contributed by atoms with Gasteiger partial charge in [-0.3, -0.25) is 19.5 Å². The predicted molar refractivity (Wildman–Crippen MR) is 107 cm³/mol. The normalized spacial score (nSPS) is 17.9. The van der Waals surface area contributed by atoms with Crippen LogP contribution in [0.5, 0.6) is 0 Å². The van der Waals surface area contributed by atoms with E-state index in [1.807, 2.05) is 0 Å². The number of carbonyl (C=O) groups is 2. The Labute approximate surface area is 164 Å². The molecular weight excluding hydrogens is 367 g/mol. The van der Waals surface area contributed by atoms with E-state index in [0.717, 1.165) is 31.6 Å². The maximum absolute atomic E-state index is 13.0. The first kappa shape index (κ1) is 21.1. The Morgan fingerprint density at radius 3 is 2.56 bits per heavy atom. The fourth-order valence-corrected chi connectivity index (χ4v) is 3.04. The average Bonchev–Trinajstić information content (AvgIpc) is 2.65. The second-order valence-electron chi connectivity index (χ2n) is 6.26. The molecule has 6 nitrogen and oxygen atoms in total. The third-order valence-electron chi connectivity index (χ3n) is 4.45. The molecule has 0 aromatic heterocycles. The number of rotatable bonds is 9. The van der Waals surface area contributed by atoms with Gasteiger partial charge in [0.2, 0.25) is 11.8 Å². The lowest BCUT2D eigenvalue weighted by Gasteiger charge is -2.31. The number of thiocarbonyl (C=S) groups is 1. The van der Waals surface area contributed by atoms with Crippen molar-refractivity contribution in [1.29, 1.82) is 0 Å². The maximum atomic E-state index is 13.0. The molecule has 1 saturated heterocycles. The first-order chi connectivity index (χ1) is 13.0. The minimum Gasteiger partial charge on any atom is -0.304 e. The summed E-state index contributed by atoms with van der Waals surface area (Å²) in [5.74, 6) is -2.23. The SMILES string of the molecule is CCN(CC)CCCN=CC1C(=O)NC(=S)N(Cc2ccc(F)cc2)C1=O. The Kier molecular flexibility index (Phi) is 7.99. The number of nitrogens with zero attached hydrogens (tertiary/aromatic N) is 3. The minimum atomic E-state index is -0.995. The highest BCUT2D eigenvalue weighted by molar-refractivity contribution is 7.80. The second-order valence-corrected chi connectivity index (χ2v) is 6.65. The topological polar surface area (TPSA) is 65.0 Å². The molecule has 1 aliphatic rings. The molecule has 1 aliphatic heterocycles. The highest BCUT2D eigenvalue weighted by Crippen LogP contribution is 2.14. The summed E-state index contributed by atoms with van der Waals surface area (Å²) in [6.07, 6.45) is 2.26. The lowest BCUT2D eigenvalue weighted by atomic mass is 10.1. The molecule has 0 spiro atoms. The zero-order valence-corrected chi connectivity index (χ0v) is 16.5. The standard InChI is InChI=1S/C19H25FN4O2S/c1-3-23(4-2)11-5-10-21-12-16-17(25)22-19(27)24(18(16)26)13-14-6-8-15(20)9-7-14/h6-9,12,16H,3-5,10-11,13H2,1-2H3,(H,22,25,27). The van der Waals surface area contributed by atoms with E-state index in [-0.39, 0.29) is 17.5 Å². The monoisotopic (exact) mass is 392 g/mol. The van der Waals surface area contributed by atoms with Crippen LogP contribution < -0.4 is 5.32 Å². The van der Waals surface area contributed by atoms with Crippen molar-refractivity contribution < 1.29 is 14.0 Å². The smallest absolute Gasteiger partial charge is 0.247 e. The van der Waals surface area contributed by atoms with Crippen molar-refractivity contribution in [1.82, 2.24) is 15.1 Å². The summed E-state index contributed by atoms with van der Waals surface area (Å²) < 4.78 is 13.0. The lowest BCUT2D eigenvalue weighted by Crippen LogP contribution is -2.57. The van der Waals surface area contributed by atoms with Crippen molar-refractivity contribution >= 4 is 35.4 Å². The number of hydrogen-bond donors (Lipinski definition) is 1. The molecule has 27 heavy (non-hydrogen) atoms. The van der Waals surface area contributed by atoms with Crippen molar-refractivity contribution in [3.63, 3.8) is 0 Å². The lowest BCUT2D eigenvalue weighted by molar-refractivity contribution is -0.138. The molecule has 1 heterocycles. The Morgan fingerprint density at radius 2 is 1.93 bits per heavy atom. The van der Waals surface area contributed by atoms with Gasteiger partial charge in [0.25, 0.3) is 0 Å². The van der Waals surface area contributed by atoms with Gasteiger partial charge in [-0.1, -0.05) is 26.0 Å². The quantitative estimate of drug-likeness (QED) is 0.302. The van der Waals surface area contributed by atoms with Crippen molar-refractivity contribution in [2.45, 2.75) is 26.8 Å². The summed E-state index contributed by atoms with van der Waals surface area (Å²) in [4.78, 5) is 32.7. The molecule has 1 fully saturated rings. The molecule has 0 radical (unpaired) electrons. The van der Waals surface area contributed by atoms with Crippen LogP contribution in [-0.2, 0) is 16.1 Å². The van der Waals surface area contributed by atoms with Gasteiger partial charge in [0.1, 0.15) is 5.82 Å². The van der Waals surface area contributed by atoms with Crippen LogP contribution in [0.15, 0.2) is 29.3 Å². The highest BCUT2D eigenvalue weighted by Gasteiger charge is 2.37. The van der Waals surface area contributed by atoms with E-state index in [0.29, 0.717) is 6.54 Å². The molecule has 0 aliphatic carbocycles. The Morgan fingerprint density at radius 1 is 1.26 bits per heavy atom. The molecule has 8 heteroatoms. The maximum Gasteiger partial charge on any atom is 0.247 e. The van der Waals surface area contributed by atoms with E-state index in [1.54, 1.807) is 12.1 Å². The third-order valence-corrected chi connectivity index (χ3v) is 4.78. The summed E-state index contributed by atoms with van der Waals surface area (Å²) in [6, 6.07) is 5.80. The van der Waals surface area contributed by atoms with Crippen molar-refractivity contribution in [2.24, 2.45) is 10.9 Å². The summed E-state index contributed by atoms with van der Waals surface area (Å²) in [5, 5.41) is 2.60. The van der Waals surface area contributed by atoms with Crippen LogP contribution in [0.1, 0.15) is 25.8 Å². The fraction of sp³-hybridized carbons (Fsp3) is 0.474. The van der Waals surface area contributed by atoms with E-state index in [2.05, 4.69) is 29.1 Å². The van der Waals surface area contributed by atoms with Crippen molar-refractivity contribution in [2.75, 3.05) is 26.2 Å². The summed E-state index contributed by atoms with van der Waals surface area (Å²) in [5.41, 5.74) is 0.721. The molecule has 1 N–H and O–H groups in total.